The largest absolute Gasteiger partial charge is 0.416 e. The lowest BCUT2D eigenvalue weighted by atomic mass is 10.1. The van der Waals surface area contributed by atoms with Gasteiger partial charge in [-0.05, 0) is 48.7 Å². The molecule has 0 atom stereocenters. The Labute approximate surface area is 162 Å². The number of aromatic amines is 1. The predicted octanol–water partition coefficient (Wildman–Crippen LogP) is 4.23. The molecule has 0 saturated carbocycles. The van der Waals surface area contributed by atoms with Crippen molar-refractivity contribution < 1.29 is 9.22 Å². The summed E-state index contributed by atoms with van der Waals surface area (Å²) in [5.74, 6) is -0.327. The van der Waals surface area contributed by atoms with Gasteiger partial charge in [0.2, 0.25) is 5.43 Å². The summed E-state index contributed by atoms with van der Waals surface area (Å²) in [7, 11) is -1.78. The fraction of sp³-hybridized carbons (Fsp3) is 0.524. The van der Waals surface area contributed by atoms with Crippen LogP contribution in [0.15, 0.2) is 29.2 Å². The molecule has 5 nitrogen and oxygen atoms in total. The lowest BCUT2D eigenvalue weighted by molar-refractivity contribution is 0.0952. The first-order valence-electron chi connectivity index (χ1n) is 9.63. The van der Waals surface area contributed by atoms with Gasteiger partial charge >= 0.3 is 0 Å². The van der Waals surface area contributed by atoms with Gasteiger partial charge in [0.15, 0.2) is 8.32 Å². The molecule has 0 fully saturated rings. The Hall–Kier alpha value is -1.92. The number of hydrogen-bond acceptors (Lipinski definition) is 3. The number of carbonyl (C=O) groups is 1. The van der Waals surface area contributed by atoms with Crippen LogP contribution in [0.3, 0.4) is 0 Å². The summed E-state index contributed by atoms with van der Waals surface area (Å²) in [6, 6.07) is 5.77. The molecular formula is C21H32N2O3Si. The lowest BCUT2D eigenvalue weighted by Crippen LogP contribution is -2.41. The van der Waals surface area contributed by atoms with Crippen LogP contribution in [0.1, 0.15) is 50.0 Å². The summed E-state index contributed by atoms with van der Waals surface area (Å²) >= 11 is 0. The summed E-state index contributed by atoms with van der Waals surface area (Å²) in [5, 5.41) is 3.48. The molecule has 1 amide bonds. The molecule has 6 heteroatoms. The zero-order valence-electron chi connectivity index (χ0n) is 17.4. The number of nitrogens with one attached hydrogen (secondary N) is 2. The normalized spacial score (nSPS) is 12.4. The highest BCUT2D eigenvalue weighted by Gasteiger charge is 2.36. The van der Waals surface area contributed by atoms with Gasteiger partial charge in [0.05, 0.1) is 0 Å². The van der Waals surface area contributed by atoms with Gasteiger partial charge < -0.3 is 14.7 Å². The minimum Gasteiger partial charge on any atom is -0.416 e. The Morgan fingerprint density at radius 2 is 1.96 bits per heavy atom. The van der Waals surface area contributed by atoms with E-state index in [1.165, 1.54) is 6.20 Å². The van der Waals surface area contributed by atoms with Crippen molar-refractivity contribution in [3.8, 4) is 0 Å². The van der Waals surface area contributed by atoms with Gasteiger partial charge in [-0.1, -0.05) is 33.8 Å². The van der Waals surface area contributed by atoms with Gasteiger partial charge in [-0.3, -0.25) is 9.59 Å². The summed E-state index contributed by atoms with van der Waals surface area (Å²) in [4.78, 5) is 28.0. The van der Waals surface area contributed by atoms with E-state index in [0.717, 1.165) is 23.9 Å². The quantitative estimate of drug-likeness (QED) is 0.697. The van der Waals surface area contributed by atoms with E-state index in [1.807, 2.05) is 25.1 Å². The number of carbonyl (C=O) groups excluding carboxylic acids is 1. The molecule has 27 heavy (non-hydrogen) atoms. The van der Waals surface area contributed by atoms with Crippen LogP contribution in [0.4, 0.5) is 0 Å². The van der Waals surface area contributed by atoms with Gasteiger partial charge in [-0.25, -0.2) is 0 Å². The second-order valence-corrected chi connectivity index (χ2v) is 13.3. The number of pyridine rings is 1. The van der Waals surface area contributed by atoms with E-state index < -0.39 is 8.32 Å². The third-order valence-corrected chi connectivity index (χ3v) is 9.92. The highest BCUT2D eigenvalue weighted by atomic mass is 28.4. The number of amides is 1. The number of rotatable bonds is 7. The van der Waals surface area contributed by atoms with Crippen molar-refractivity contribution in [2.45, 2.75) is 58.7 Å². The summed E-state index contributed by atoms with van der Waals surface area (Å²) in [5.41, 5.74) is 1.70. The van der Waals surface area contributed by atoms with Crippen molar-refractivity contribution >= 4 is 25.1 Å². The first-order valence-corrected chi connectivity index (χ1v) is 12.5. The third-order valence-electron chi connectivity index (χ3n) is 5.39. The van der Waals surface area contributed by atoms with Crippen LogP contribution < -0.4 is 10.7 Å². The van der Waals surface area contributed by atoms with Crippen LogP contribution in [0.5, 0.6) is 0 Å². The highest BCUT2D eigenvalue weighted by Crippen LogP contribution is 2.36. The van der Waals surface area contributed by atoms with Crippen LogP contribution in [-0.2, 0) is 10.8 Å². The van der Waals surface area contributed by atoms with E-state index in [4.69, 9.17) is 4.43 Å². The zero-order chi connectivity index (χ0) is 20.2. The van der Waals surface area contributed by atoms with Crippen molar-refractivity contribution in [3.05, 3.63) is 45.7 Å². The Bertz CT molecular complexity index is 866. The first kappa shape index (κ1) is 21.4. The van der Waals surface area contributed by atoms with Crippen LogP contribution >= 0.6 is 0 Å². The molecule has 0 aliphatic heterocycles. The Balaban J connectivity index is 2.19. The molecule has 2 N–H and O–H groups in total. The van der Waals surface area contributed by atoms with Crippen molar-refractivity contribution in [3.63, 3.8) is 0 Å². The van der Waals surface area contributed by atoms with Gasteiger partial charge in [-0.15, -0.1) is 0 Å². The van der Waals surface area contributed by atoms with E-state index >= 15 is 0 Å². The lowest BCUT2D eigenvalue weighted by Gasteiger charge is -2.36. The molecule has 148 valence electrons. The minimum absolute atomic E-state index is 0.158. The Morgan fingerprint density at radius 1 is 1.26 bits per heavy atom. The van der Waals surface area contributed by atoms with E-state index in [1.54, 1.807) is 0 Å². The van der Waals surface area contributed by atoms with Crippen molar-refractivity contribution in [1.82, 2.24) is 10.3 Å². The summed E-state index contributed by atoms with van der Waals surface area (Å²) < 4.78 is 6.24. The molecule has 1 heterocycles. The predicted molar refractivity (Wildman–Crippen MR) is 114 cm³/mol. The van der Waals surface area contributed by atoms with Crippen molar-refractivity contribution in [2.75, 3.05) is 13.2 Å². The average Bonchev–Trinajstić information content (AvgIpc) is 2.59. The fourth-order valence-corrected chi connectivity index (χ4v) is 3.61. The van der Waals surface area contributed by atoms with Crippen molar-refractivity contribution in [1.29, 1.82) is 0 Å². The molecule has 2 aromatic rings. The first-order chi connectivity index (χ1) is 12.6. The van der Waals surface area contributed by atoms with Gasteiger partial charge in [0.1, 0.15) is 5.56 Å². The fourth-order valence-electron chi connectivity index (χ4n) is 2.56. The van der Waals surface area contributed by atoms with E-state index in [0.29, 0.717) is 18.5 Å². The van der Waals surface area contributed by atoms with Crippen LogP contribution in [-0.4, -0.2) is 32.4 Å². The number of fused-ring (bicyclic) bond motifs is 1. The molecule has 0 aliphatic carbocycles. The second kappa shape index (κ2) is 8.40. The van der Waals surface area contributed by atoms with Gasteiger partial charge in [-0.2, -0.15) is 0 Å². The number of H-pyrrole nitrogens is 1. The molecule has 1 aromatic carbocycles. The highest BCUT2D eigenvalue weighted by molar-refractivity contribution is 6.74. The van der Waals surface area contributed by atoms with Gasteiger partial charge in [0, 0.05) is 30.3 Å². The third kappa shape index (κ3) is 5.08. The SMILES string of the molecule is CCCNC(=O)c1c[nH]c2ccc(CCO[Si](C)(C)C(C)(C)C)cc2c1=O. The Kier molecular flexibility index (Phi) is 6.65. The second-order valence-electron chi connectivity index (χ2n) is 8.53. The van der Waals surface area contributed by atoms with E-state index in [9.17, 15) is 9.59 Å². The molecule has 0 aliphatic rings. The monoisotopic (exact) mass is 388 g/mol. The van der Waals surface area contributed by atoms with Crippen LogP contribution in [0.25, 0.3) is 10.9 Å². The zero-order valence-corrected chi connectivity index (χ0v) is 18.4. The number of benzene rings is 1. The molecule has 0 saturated heterocycles. The molecule has 0 radical (unpaired) electrons. The maximum absolute atomic E-state index is 12.7. The van der Waals surface area contributed by atoms with E-state index in [-0.39, 0.29) is 21.9 Å². The standard InChI is InChI=1S/C21H32N2O3Si/c1-7-11-22-20(25)17-14-23-18-9-8-15(13-16(18)19(17)24)10-12-26-27(5,6)21(2,3)4/h8-9,13-14H,7,10-12H2,1-6H3,(H,22,25)(H,23,24). The Morgan fingerprint density at radius 3 is 2.59 bits per heavy atom. The van der Waals surface area contributed by atoms with Crippen molar-refractivity contribution in [2.24, 2.45) is 0 Å². The molecule has 0 unspecified atom stereocenters. The minimum atomic E-state index is -1.78. The van der Waals surface area contributed by atoms with E-state index in [2.05, 4.69) is 44.2 Å². The average molecular weight is 389 g/mol. The molecule has 0 spiro atoms. The summed E-state index contributed by atoms with van der Waals surface area (Å²) in [6.45, 7) is 14.3. The maximum Gasteiger partial charge on any atom is 0.256 e. The number of hydrogen-bond donors (Lipinski definition) is 2. The van der Waals surface area contributed by atoms with Crippen LogP contribution in [0.2, 0.25) is 18.1 Å². The van der Waals surface area contributed by atoms with Crippen LogP contribution in [0, 0.1) is 0 Å². The molecule has 2 rings (SSSR count). The molecule has 0 bridgehead atoms. The topological polar surface area (TPSA) is 71.2 Å². The number of aromatic nitrogens is 1. The smallest absolute Gasteiger partial charge is 0.256 e. The molecular weight excluding hydrogens is 356 g/mol. The van der Waals surface area contributed by atoms with Gasteiger partial charge in [0.25, 0.3) is 5.91 Å². The maximum atomic E-state index is 12.7. The molecule has 1 aromatic heterocycles. The summed E-state index contributed by atoms with van der Waals surface area (Å²) in [6.07, 6.45) is 3.07.